The molecule has 1 aromatic carbocycles. The molecule has 1 aromatic rings. The molecule has 0 aromatic heterocycles. The third-order valence-electron chi connectivity index (χ3n) is 9.33. The van der Waals surface area contributed by atoms with Gasteiger partial charge in [0, 0.05) is 32.1 Å². The van der Waals surface area contributed by atoms with E-state index >= 15 is 0 Å². The van der Waals surface area contributed by atoms with Crippen molar-refractivity contribution < 1.29 is 14.6 Å². The Labute approximate surface area is 236 Å². The monoisotopic (exact) mass is 540 g/mol. The second-order valence-electron chi connectivity index (χ2n) is 12.1. The van der Waals surface area contributed by atoms with Crippen LogP contribution in [0.5, 0.6) is 0 Å². The van der Waals surface area contributed by atoms with Gasteiger partial charge in [-0.3, -0.25) is 14.6 Å². The number of aliphatic carboxylic acids is 1. The van der Waals surface area contributed by atoms with Gasteiger partial charge in [0.2, 0.25) is 0 Å². The van der Waals surface area contributed by atoms with E-state index in [4.69, 9.17) is 9.73 Å². The highest BCUT2D eigenvalue weighted by Crippen LogP contribution is 2.32. The van der Waals surface area contributed by atoms with Crippen LogP contribution in [-0.2, 0) is 16.0 Å². The lowest BCUT2D eigenvalue weighted by Crippen LogP contribution is -2.49. The van der Waals surface area contributed by atoms with Crippen molar-refractivity contribution in [1.82, 2.24) is 14.7 Å². The molecule has 0 amide bonds. The number of likely N-dealkylation sites (tertiary alicyclic amines) is 2. The summed E-state index contributed by atoms with van der Waals surface area (Å²) in [5, 5.41) is 10.0. The van der Waals surface area contributed by atoms with Crippen molar-refractivity contribution in [3.05, 3.63) is 35.9 Å². The van der Waals surface area contributed by atoms with Gasteiger partial charge in [0.15, 0.2) is 5.90 Å². The fourth-order valence-electron chi connectivity index (χ4n) is 7.33. The summed E-state index contributed by atoms with van der Waals surface area (Å²) in [6.45, 7) is 10.7. The largest absolute Gasteiger partial charge is 0.484 e. The highest BCUT2D eigenvalue weighted by atomic mass is 16.5. The second kappa shape index (κ2) is 15.2. The van der Waals surface area contributed by atoms with Gasteiger partial charge in [0.1, 0.15) is 12.2 Å². The summed E-state index contributed by atoms with van der Waals surface area (Å²) in [5.41, 5.74) is 1.22. The highest BCUT2D eigenvalue weighted by molar-refractivity contribution is 5.78. The van der Waals surface area contributed by atoms with Gasteiger partial charge in [-0.2, -0.15) is 0 Å². The first kappa shape index (κ1) is 30.0. The molecular formula is C32H52N4O3. The molecule has 39 heavy (non-hydrogen) atoms. The van der Waals surface area contributed by atoms with Crippen molar-refractivity contribution in [2.45, 2.75) is 96.3 Å². The maximum atomic E-state index is 12.2. The van der Waals surface area contributed by atoms with Crippen LogP contribution in [0.3, 0.4) is 0 Å². The molecule has 2 unspecified atom stereocenters. The number of aliphatic imine (C=N–C) groups is 1. The Morgan fingerprint density at radius 3 is 2.44 bits per heavy atom. The van der Waals surface area contributed by atoms with Crippen molar-refractivity contribution in [3.8, 4) is 0 Å². The third-order valence-corrected chi connectivity index (χ3v) is 9.33. The fourth-order valence-corrected chi connectivity index (χ4v) is 7.33. The maximum absolute atomic E-state index is 12.2. The van der Waals surface area contributed by atoms with Crippen molar-refractivity contribution in [1.29, 1.82) is 0 Å². The van der Waals surface area contributed by atoms with Gasteiger partial charge in [-0.1, -0.05) is 56.5 Å². The Morgan fingerprint density at radius 2 is 1.79 bits per heavy atom. The zero-order chi connectivity index (χ0) is 27.6. The molecule has 218 valence electrons. The minimum atomic E-state index is -0.600. The zero-order valence-electron chi connectivity index (χ0n) is 24.6. The second-order valence-corrected chi connectivity index (χ2v) is 12.1. The fraction of sp³-hybridized carbons (Fsp3) is 0.750. The minimum Gasteiger partial charge on any atom is -0.484 e. The summed E-state index contributed by atoms with van der Waals surface area (Å²) in [5.74, 6) is 1.12. The van der Waals surface area contributed by atoms with Crippen molar-refractivity contribution in [2.75, 3.05) is 46.4 Å². The van der Waals surface area contributed by atoms with Crippen LogP contribution in [0.4, 0.5) is 0 Å². The van der Waals surface area contributed by atoms with Gasteiger partial charge in [0.25, 0.3) is 0 Å². The number of carboxylic acids is 1. The summed E-state index contributed by atoms with van der Waals surface area (Å²) in [6, 6.07) is 10.7. The average Bonchev–Trinajstić information content (AvgIpc) is 3.40. The number of rotatable bonds is 12. The molecule has 0 radical (unpaired) electrons. The molecule has 7 nitrogen and oxygen atoms in total. The number of hydrogen-bond acceptors (Lipinski definition) is 6. The summed E-state index contributed by atoms with van der Waals surface area (Å²) in [4.78, 5) is 24.7. The zero-order valence-corrected chi connectivity index (χ0v) is 24.6. The molecule has 3 atom stereocenters. The molecule has 7 heteroatoms. The number of ether oxygens (including phenoxy) is 1. The van der Waals surface area contributed by atoms with E-state index in [-0.39, 0.29) is 12.2 Å². The van der Waals surface area contributed by atoms with E-state index in [1.807, 2.05) is 6.07 Å². The van der Waals surface area contributed by atoms with Crippen LogP contribution in [0.25, 0.3) is 0 Å². The van der Waals surface area contributed by atoms with E-state index < -0.39 is 5.97 Å². The molecule has 3 aliphatic rings. The smallest absolute Gasteiger partial charge is 0.321 e. The van der Waals surface area contributed by atoms with Gasteiger partial charge in [-0.15, -0.1) is 0 Å². The highest BCUT2D eigenvalue weighted by Gasteiger charge is 2.39. The van der Waals surface area contributed by atoms with Crippen LogP contribution in [0.1, 0.15) is 77.2 Å². The first-order valence-electron chi connectivity index (χ1n) is 15.6. The summed E-state index contributed by atoms with van der Waals surface area (Å²) in [6.07, 6.45) is 11.2. The SMILES string of the molecule is CCCN(C1CCN(CC2CCN([C@@H](C(=O)O)C3CCCCC3)C2)CC1)C(C)/N=C(/Cc1ccccc1)OC. The summed E-state index contributed by atoms with van der Waals surface area (Å²) >= 11 is 0. The quantitative estimate of drug-likeness (QED) is 0.292. The van der Waals surface area contributed by atoms with Crippen molar-refractivity contribution >= 4 is 11.9 Å². The van der Waals surface area contributed by atoms with Crippen LogP contribution in [0.2, 0.25) is 0 Å². The van der Waals surface area contributed by atoms with Gasteiger partial charge in [-0.05, 0) is 82.5 Å². The van der Waals surface area contributed by atoms with E-state index in [0.29, 0.717) is 17.9 Å². The normalized spacial score (nSPS) is 24.2. The molecular weight excluding hydrogens is 488 g/mol. The maximum Gasteiger partial charge on any atom is 0.321 e. The van der Waals surface area contributed by atoms with E-state index in [1.165, 1.54) is 24.8 Å². The molecule has 2 heterocycles. The van der Waals surface area contributed by atoms with Crippen LogP contribution in [0, 0.1) is 11.8 Å². The molecule has 1 aliphatic carbocycles. The van der Waals surface area contributed by atoms with Gasteiger partial charge in [-0.25, -0.2) is 4.99 Å². The van der Waals surface area contributed by atoms with Gasteiger partial charge in [0.05, 0.1) is 7.11 Å². The number of carboxylic acid groups (broad SMARTS) is 1. The predicted molar refractivity (Wildman–Crippen MR) is 158 cm³/mol. The third kappa shape index (κ3) is 8.51. The molecule has 0 spiro atoms. The number of nitrogens with zero attached hydrogens (tertiary/aromatic N) is 4. The van der Waals surface area contributed by atoms with Crippen LogP contribution in [0.15, 0.2) is 35.3 Å². The van der Waals surface area contributed by atoms with E-state index in [9.17, 15) is 9.90 Å². The van der Waals surface area contributed by atoms with E-state index in [2.05, 4.69) is 52.8 Å². The number of benzene rings is 1. The summed E-state index contributed by atoms with van der Waals surface area (Å²) < 4.78 is 5.69. The van der Waals surface area contributed by atoms with E-state index in [1.54, 1.807) is 7.11 Å². The Hall–Kier alpha value is -1.96. The van der Waals surface area contributed by atoms with Crippen LogP contribution < -0.4 is 0 Å². The Morgan fingerprint density at radius 1 is 1.08 bits per heavy atom. The molecule has 2 saturated heterocycles. The molecule has 1 saturated carbocycles. The number of methoxy groups -OCH3 is 1. The predicted octanol–water partition coefficient (Wildman–Crippen LogP) is 5.15. The Kier molecular flexibility index (Phi) is 11.7. The van der Waals surface area contributed by atoms with Gasteiger partial charge >= 0.3 is 5.97 Å². The molecule has 2 aliphatic heterocycles. The molecule has 1 N–H and O–H groups in total. The molecule has 0 bridgehead atoms. The number of piperidine rings is 1. The van der Waals surface area contributed by atoms with Crippen LogP contribution in [-0.4, -0.2) is 96.3 Å². The van der Waals surface area contributed by atoms with Crippen molar-refractivity contribution in [3.63, 3.8) is 0 Å². The summed E-state index contributed by atoms with van der Waals surface area (Å²) in [7, 11) is 1.73. The Bertz CT molecular complexity index is 896. The van der Waals surface area contributed by atoms with Crippen LogP contribution >= 0.6 is 0 Å². The lowest BCUT2D eigenvalue weighted by molar-refractivity contribution is -0.145. The molecule has 3 fully saturated rings. The number of hydrogen-bond donors (Lipinski definition) is 1. The first-order valence-corrected chi connectivity index (χ1v) is 15.6. The molecule has 4 rings (SSSR count). The lowest BCUT2D eigenvalue weighted by atomic mass is 9.83. The average molecular weight is 541 g/mol. The van der Waals surface area contributed by atoms with Gasteiger partial charge < -0.3 is 14.7 Å². The first-order chi connectivity index (χ1) is 19.0. The lowest BCUT2D eigenvalue weighted by Gasteiger charge is -2.41. The Balaban J connectivity index is 1.27. The minimum absolute atomic E-state index is 0.0938. The van der Waals surface area contributed by atoms with E-state index in [0.717, 1.165) is 90.1 Å². The van der Waals surface area contributed by atoms with Crippen molar-refractivity contribution in [2.24, 2.45) is 16.8 Å². The number of carbonyl (C=O) groups is 1. The topological polar surface area (TPSA) is 68.6 Å². The standard InChI is InChI=1S/C32H52N4O3/c1-4-18-36(25(2)33-30(39-3)22-26-11-7-5-8-12-26)29-16-19-34(20-17-29)23-27-15-21-35(24-27)31(32(37)38)28-13-9-6-10-14-28/h5,7-8,11-12,25,27-29,31H,4,6,9-10,13-24H2,1-3H3,(H,37,38)/b33-30-/t25?,27?,31-/m1/s1.